The molecule has 8 heteroatoms. The minimum atomic E-state index is 0. The molecule has 0 spiro atoms. The molecule has 1 saturated heterocycles. The van der Waals surface area contributed by atoms with Crippen LogP contribution in [0.3, 0.4) is 0 Å². The summed E-state index contributed by atoms with van der Waals surface area (Å²) in [6.45, 7) is 15.2. The SMILES string of the molecule is C.C=C(/C=C\C(=N)N)CC.C=N.CCN1CC(N/C=C(\CN)C2=Cc3cc(S)ccc3N(C)C2)C1. The molecule has 1 aromatic rings. The van der Waals surface area contributed by atoms with E-state index in [0.29, 0.717) is 12.6 Å². The lowest BCUT2D eigenvalue weighted by atomic mass is 9.97. The van der Waals surface area contributed by atoms with Crippen LogP contribution < -0.4 is 21.7 Å². The number of nitrogens with one attached hydrogen (secondary N) is 3. The Morgan fingerprint density at radius 3 is 2.46 bits per heavy atom. The Morgan fingerprint density at radius 2 is 1.91 bits per heavy atom. The minimum Gasteiger partial charge on any atom is -0.385 e. The van der Waals surface area contributed by atoms with Gasteiger partial charge in [-0.25, -0.2) is 0 Å². The Balaban J connectivity index is 0.000000823. The van der Waals surface area contributed by atoms with Crippen LogP contribution in [0.15, 0.2) is 64.7 Å². The first-order valence-electron chi connectivity index (χ1n) is 11.4. The first kappa shape index (κ1) is 32.2. The van der Waals surface area contributed by atoms with Crippen LogP contribution in [0.1, 0.15) is 33.3 Å². The zero-order chi connectivity index (χ0) is 25.7. The molecule has 7 N–H and O–H groups in total. The van der Waals surface area contributed by atoms with E-state index in [1.54, 1.807) is 6.08 Å². The number of nitrogens with zero attached hydrogens (tertiary/aromatic N) is 2. The number of fused-ring (bicyclic) bond motifs is 1. The Hall–Kier alpha value is -2.81. The molecule has 0 saturated carbocycles. The second-order valence-corrected chi connectivity index (χ2v) is 8.68. The van der Waals surface area contributed by atoms with Gasteiger partial charge in [0.1, 0.15) is 5.84 Å². The lowest BCUT2D eigenvalue weighted by molar-refractivity contribution is 0.144. The average molecular weight is 500 g/mol. The smallest absolute Gasteiger partial charge is 0.115 e. The van der Waals surface area contributed by atoms with Gasteiger partial charge in [0.15, 0.2) is 0 Å². The quantitative estimate of drug-likeness (QED) is 0.138. The van der Waals surface area contributed by atoms with Crippen LogP contribution in [-0.2, 0) is 0 Å². The molecule has 0 atom stereocenters. The number of benzene rings is 1. The third-order valence-electron chi connectivity index (χ3n) is 5.64. The van der Waals surface area contributed by atoms with Gasteiger partial charge >= 0.3 is 0 Å². The summed E-state index contributed by atoms with van der Waals surface area (Å²) >= 11 is 4.45. The number of nitrogens with two attached hydrogens (primary N) is 2. The summed E-state index contributed by atoms with van der Waals surface area (Å²) in [6.07, 6.45) is 8.55. The predicted molar refractivity (Wildman–Crippen MR) is 158 cm³/mol. The Bertz CT molecular complexity index is 914. The molecule has 0 radical (unpaired) electrons. The van der Waals surface area contributed by atoms with Crippen molar-refractivity contribution in [3.8, 4) is 0 Å². The van der Waals surface area contributed by atoms with E-state index in [9.17, 15) is 0 Å². The van der Waals surface area contributed by atoms with E-state index in [2.05, 4.69) is 79.4 Å². The molecule has 0 aromatic heterocycles. The molecule has 0 aliphatic carbocycles. The number of rotatable bonds is 8. The van der Waals surface area contributed by atoms with Gasteiger partial charge in [-0.05, 0) is 66.7 Å². The molecular formula is C27H45N7S. The number of amidine groups is 1. The first-order chi connectivity index (χ1) is 16.3. The van der Waals surface area contributed by atoms with Crippen molar-refractivity contribution in [3.05, 3.63) is 65.4 Å². The molecule has 1 fully saturated rings. The van der Waals surface area contributed by atoms with Crippen LogP contribution in [0, 0.1) is 10.8 Å². The monoisotopic (exact) mass is 499 g/mol. The van der Waals surface area contributed by atoms with E-state index < -0.39 is 0 Å². The Kier molecular flexibility index (Phi) is 15.4. The molecule has 7 nitrogen and oxygen atoms in total. The lowest BCUT2D eigenvalue weighted by Crippen LogP contribution is -2.56. The van der Waals surface area contributed by atoms with Crippen LogP contribution in [-0.4, -0.2) is 63.3 Å². The van der Waals surface area contributed by atoms with Crippen molar-refractivity contribution in [1.82, 2.24) is 10.2 Å². The number of allylic oxidation sites excluding steroid dienone is 2. The normalized spacial score (nSPS) is 15.3. The fraction of sp³-hybridized carbons (Fsp3) is 0.407. The van der Waals surface area contributed by atoms with Gasteiger partial charge in [0.25, 0.3) is 0 Å². The van der Waals surface area contributed by atoms with E-state index >= 15 is 0 Å². The van der Waals surface area contributed by atoms with E-state index in [1.807, 2.05) is 13.0 Å². The zero-order valence-corrected chi connectivity index (χ0v) is 21.7. The van der Waals surface area contributed by atoms with Gasteiger partial charge in [0.05, 0.1) is 6.04 Å². The Morgan fingerprint density at radius 1 is 1.26 bits per heavy atom. The van der Waals surface area contributed by atoms with E-state index in [1.165, 1.54) is 28.5 Å². The van der Waals surface area contributed by atoms with Crippen molar-refractivity contribution in [1.29, 1.82) is 10.8 Å². The number of hydrogen-bond acceptors (Lipinski definition) is 7. The van der Waals surface area contributed by atoms with Crippen molar-refractivity contribution in [2.45, 2.75) is 38.6 Å². The van der Waals surface area contributed by atoms with Gasteiger partial charge in [-0.1, -0.05) is 39.5 Å². The fourth-order valence-corrected chi connectivity index (χ4v) is 3.75. The van der Waals surface area contributed by atoms with Crippen molar-refractivity contribution in [2.75, 3.05) is 44.7 Å². The van der Waals surface area contributed by atoms with Crippen molar-refractivity contribution in [2.24, 2.45) is 11.5 Å². The predicted octanol–water partition coefficient (Wildman–Crippen LogP) is 4.29. The van der Waals surface area contributed by atoms with Gasteiger partial charge in [-0.15, -0.1) is 12.6 Å². The molecule has 0 amide bonds. The molecular weight excluding hydrogens is 454 g/mol. The van der Waals surface area contributed by atoms with Crippen LogP contribution >= 0.6 is 12.6 Å². The van der Waals surface area contributed by atoms with Crippen molar-refractivity contribution < 1.29 is 0 Å². The van der Waals surface area contributed by atoms with E-state index in [0.717, 1.165) is 43.1 Å². The highest BCUT2D eigenvalue weighted by molar-refractivity contribution is 7.80. The van der Waals surface area contributed by atoms with E-state index in [4.69, 9.17) is 22.3 Å². The third-order valence-corrected chi connectivity index (χ3v) is 5.92. The van der Waals surface area contributed by atoms with Crippen LogP contribution in [0.4, 0.5) is 5.69 Å². The highest BCUT2D eigenvalue weighted by Gasteiger charge is 2.24. The summed E-state index contributed by atoms with van der Waals surface area (Å²) < 4.78 is 0. The molecule has 194 valence electrons. The molecule has 0 bridgehead atoms. The van der Waals surface area contributed by atoms with Gasteiger partial charge < -0.3 is 27.1 Å². The van der Waals surface area contributed by atoms with Crippen LogP contribution in [0.25, 0.3) is 6.08 Å². The second kappa shape index (κ2) is 16.8. The molecule has 35 heavy (non-hydrogen) atoms. The number of hydrogen-bond donors (Lipinski definition) is 6. The Labute approximate surface area is 218 Å². The molecule has 3 rings (SSSR count). The largest absolute Gasteiger partial charge is 0.385 e. The van der Waals surface area contributed by atoms with Gasteiger partial charge in [-0.2, -0.15) is 0 Å². The summed E-state index contributed by atoms with van der Waals surface area (Å²) in [5, 5.41) is 15.8. The second-order valence-electron chi connectivity index (χ2n) is 8.16. The minimum absolute atomic E-state index is 0. The number of likely N-dealkylation sites (N-methyl/N-ethyl adjacent to an activating group) is 2. The molecule has 1 aromatic carbocycles. The average Bonchev–Trinajstić information content (AvgIpc) is 2.80. The topological polar surface area (TPSA) is 118 Å². The number of likely N-dealkylation sites (tertiary alicyclic amines) is 1. The summed E-state index contributed by atoms with van der Waals surface area (Å²) in [5.74, 6) is 0.0737. The first-order valence-corrected chi connectivity index (χ1v) is 11.9. The highest BCUT2D eigenvalue weighted by Crippen LogP contribution is 2.31. The lowest BCUT2D eigenvalue weighted by Gasteiger charge is -2.39. The molecule has 2 aliphatic heterocycles. The van der Waals surface area contributed by atoms with Gasteiger partial charge in [-0.3, -0.25) is 10.3 Å². The molecule has 2 heterocycles. The van der Waals surface area contributed by atoms with Crippen molar-refractivity contribution >= 4 is 36.9 Å². The summed E-state index contributed by atoms with van der Waals surface area (Å²) in [6, 6.07) is 6.83. The summed E-state index contributed by atoms with van der Waals surface area (Å²) in [5.41, 5.74) is 17.0. The van der Waals surface area contributed by atoms with Crippen LogP contribution in [0.2, 0.25) is 0 Å². The van der Waals surface area contributed by atoms with Gasteiger partial charge in [0, 0.05) is 50.0 Å². The molecule has 0 unspecified atom stereocenters. The zero-order valence-electron chi connectivity index (χ0n) is 20.8. The maximum Gasteiger partial charge on any atom is 0.115 e. The fourth-order valence-electron chi connectivity index (χ4n) is 3.53. The third kappa shape index (κ3) is 10.5. The summed E-state index contributed by atoms with van der Waals surface area (Å²) in [7, 11) is 2.12. The molecule has 2 aliphatic rings. The summed E-state index contributed by atoms with van der Waals surface area (Å²) in [4.78, 5) is 5.68. The van der Waals surface area contributed by atoms with Gasteiger partial charge in [0.2, 0.25) is 0 Å². The maximum atomic E-state index is 6.81. The number of anilines is 1. The maximum absolute atomic E-state index is 6.81. The van der Waals surface area contributed by atoms with E-state index in [-0.39, 0.29) is 13.3 Å². The highest BCUT2D eigenvalue weighted by atomic mass is 32.1. The van der Waals surface area contributed by atoms with Crippen molar-refractivity contribution in [3.63, 3.8) is 0 Å². The standard InChI is InChI=1S/C18H26N4S.C7H12N2.CH3N.CH4/c1-3-22-11-16(12-22)20-9-15(8-19)14-6-13-7-17(23)4-5-18(13)21(2)10-14;1-3-6(2)4-5-7(8)9;1-2;/h4-7,9,16,20,23H,3,8,10-12,19H2,1-2H3;4-5H,2-3H2,1H3,(H3,8,9);2H,1H2;1H4/b15-9+;5-4-;;. The van der Waals surface area contributed by atoms with Crippen LogP contribution in [0.5, 0.6) is 0 Å². The number of thiol groups is 1.